The van der Waals surface area contributed by atoms with E-state index in [-0.39, 0.29) is 11.6 Å². The smallest absolute Gasteiger partial charge is 0.209 e. The Hall–Kier alpha value is -1.08. The van der Waals surface area contributed by atoms with Crippen LogP contribution in [0.3, 0.4) is 0 Å². The lowest BCUT2D eigenvalue weighted by Crippen LogP contribution is -2.25. The maximum absolute atomic E-state index is 12.3. The molecule has 0 unspecified atom stereocenters. The van der Waals surface area contributed by atoms with Gasteiger partial charge in [0, 0.05) is 5.92 Å². The number of nitrogens with zero attached hydrogens (tertiary/aromatic N) is 2. The van der Waals surface area contributed by atoms with E-state index in [1.807, 2.05) is 0 Å². The zero-order valence-corrected chi connectivity index (χ0v) is 9.46. The van der Waals surface area contributed by atoms with Crippen LogP contribution < -0.4 is 5.14 Å². The molecule has 1 atom stereocenters. The lowest BCUT2D eigenvalue weighted by molar-refractivity contribution is 0.592. The van der Waals surface area contributed by atoms with Crippen molar-refractivity contribution < 1.29 is 12.8 Å². The summed E-state index contributed by atoms with van der Waals surface area (Å²) in [6.07, 6.45) is 0.948. The largest absolute Gasteiger partial charge is 0.249 e. The highest BCUT2D eigenvalue weighted by Crippen LogP contribution is 2.04. The number of amidine groups is 1. The summed E-state index contributed by atoms with van der Waals surface area (Å²) in [7, 11) is -3.60. The summed E-state index contributed by atoms with van der Waals surface area (Å²) in [6, 6.07) is 0. The minimum Gasteiger partial charge on any atom is -0.249 e. The summed E-state index contributed by atoms with van der Waals surface area (Å²) < 4.78 is 33.9. The van der Waals surface area contributed by atoms with Gasteiger partial charge in [0.1, 0.15) is 11.7 Å². The van der Waals surface area contributed by atoms with Gasteiger partial charge in [-0.15, -0.1) is 0 Å². The van der Waals surface area contributed by atoms with E-state index in [9.17, 15) is 12.8 Å². The van der Waals surface area contributed by atoms with Crippen molar-refractivity contribution in [3.05, 3.63) is 12.0 Å². The molecule has 0 aliphatic rings. The standard InChI is InChI=1S/C8H14FN3O2S/c1-6(5-15(10,13)14)8(11-3)12-4-7(2)9/h4,6H,3,5H2,1-2H3,(H2,10,13,14)/b7-4+,12-8?/t6-/m0/s1. The predicted molar refractivity (Wildman–Crippen MR) is 59.0 cm³/mol. The van der Waals surface area contributed by atoms with Gasteiger partial charge < -0.3 is 0 Å². The van der Waals surface area contributed by atoms with Crippen LogP contribution in [0, 0.1) is 5.92 Å². The third-order valence-corrected chi connectivity index (χ3v) is 2.42. The summed E-state index contributed by atoms with van der Waals surface area (Å²) in [6.45, 7) is 6.01. The van der Waals surface area contributed by atoms with Crippen molar-refractivity contribution in [1.82, 2.24) is 0 Å². The maximum Gasteiger partial charge on any atom is 0.209 e. The number of hydrogen-bond donors (Lipinski definition) is 1. The molecule has 0 fully saturated rings. The fourth-order valence-corrected chi connectivity index (χ4v) is 1.75. The van der Waals surface area contributed by atoms with Gasteiger partial charge in [-0.1, -0.05) is 6.92 Å². The number of aliphatic imine (C=N–C) groups is 2. The monoisotopic (exact) mass is 235 g/mol. The number of allylic oxidation sites excluding steroid dienone is 1. The number of halogens is 1. The molecule has 0 aromatic carbocycles. The molecule has 0 saturated heterocycles. The predicted octanol–water partition coefficient (Wildman–Crippen LogP) is 0.841. The number of sulfonamides is 1. The van der Waals surface area contributed by atoms with E-state index in [0.29, 0.717) is 0 Å². The second-order valence-electron chi connectivity index (χ2n) is 3.09. The summed E-state index contributed by atoms with van der Waals surface area (Å²) in [5, 5.41) is 4.85. The average Bonchev–Trinajstić information content (AvgIpc) is 2.01. The molecule has 0 saturated carbocycles. The topological polar surface area (TPSA) is 84.9 Å². The first-order chi connectivity index (χ1) is 6.76. The van der Waals surface area contributed by atoms with Crippen molar-refractivity contribution in [2.75, 3.05) is 5.75 Å². The lowest BCUT2D eigenvalue weighted by Gasteiger charge is -2.07. The minimum absolute atomic E-state index is 0.140. The van der Waals surface area contributed by atoms with Crippen molar-refractivity contribution in [3.8, 4) is 0 Å². The molecule has 0 amide bonds. The van der Waals surface area contributed by atoms with E-state index in [1.165, 1.54) is 6.92 Å². The third kappa shape index (κ3) is 6.92. The molecule has 5 nitrogen and oxygen atoms in total. The molecule has 0 bridgehead atoms. The van der Waals surface area contributed by atoms with E-state index in [4.69, 9.17) is 5.14 Å². The highest BCUT2D eigenvalue weighted by Gasteiger charge is 2.15. The Morgan fingerprint density at radius 3 is 2.53 bits per heavy atom. The Balaban J connectivity index is 4.77. The van der Waals surface area contributed by atoms with E-state index in [1.54, 1.807) is 6.92 Å². The molecule has 0 rings (SSSR count). The Bertz CT molecular complexity index is 383. The van der Waals surface area contributed by atoms with Gasteiger partial charge in [-0.05, 0) is 13.6 Å². The Morgan fingerprint density at radius 2 is 2.20 bits per heavy atom. The first-order valence-corrected chi connectivity index (χ1v) is 5.85. The van der Waals surface area contributed by atoms with Gasteiger partial charge in [0.25, 0.3) is 0 Å². The average molecular weight is 235 g/mol. The lowest BCUT2D eigenvalue weighted by atomic mass is 10.2. The van der Waals surface area contributed by atoms with Crippen LogP contribution in [0.4, 0.5) is 4.39 Å². The molecule has 2 N–H and O–H groups in total. The summed E-state index contributed by atoms with van der Waals surface area (Å²) in [5.74, 6) is -1.18. The van der Waals surface area contributed by atoms with Gasteiger partial charge in [0.05, 0.1) is 12.0 Å². The van der Waals surface area contributed by atoms with Crippen LogP contribution in [0.1, 0.15) is 13.8 Å². The zero-order chi connectivity index (χ0) is 12.1. The Morgan fingerprint density at radius 1 is 1.67 bits per heavy atom. The Labute approximate surface area is 88.7 Å². The molecule has 15 heavy (non-hydrogen) atoms. The van der Waals surface area contributed by atoms with Gasteiger partial charge in [-0.2, -0.15) is 0 Å². The van der Waals surface area contributed by atoms with Crippen molar-refractivity contribution in [2.24, 2.45) is 21.0 Å². The normalized spacial score (nSPS) is 16.3. The van der Waals surface area contributed by atoms with Crippen molar-refractivity contribution in [2.45, 2.75) is 13.8 Å². The van der Waals surface area contributed by atoms with Crippen molar-refractivity contribution >= 4 is 22.6 Å². The zero-order valence-electron chi connectivity index (χ0n) is 8.64. The molecule has 0 aromatic heterocycles. The molecule has 7 heteroatoms. The summed E-state index contributed by atoms with van der Waals surface area (Å²) >= 11 is 0. The second kappa shape index (κ2) is 5.72. The van der Waals surface area contributed by atoms with Gasteiger partial charge in [-0.25, -0.2) is 27.9 Å². The van der Waals surface area contributed by atoms with Gasteiger partial charge in [0.15, 0.2) is 0 Å². The van der Waals surface area contributed by atoms with Crippen LogP contribution >= 0.6 is 0 Å². The van der Waals surface area contributed by atoms with E-state index < -0.39 is 21.8 Å². The molecule has 86 valence electrons. The summed E-state index contributed by atoms with van der Waals surface area (Å²) in [5.41, 5.74) is 0. The molecule has 0 aromatic rings. The molecule has 0 aliphatic heterocycles. The first-order valence-electron chi connectivity index (χ1n) is 4.13. The van der Waals surface area contributed by atoms with E-state index in [0.717, 1.165) is 6.20 Å². The second-order valence-corrected chi connectivity index (χ2v) is 4.75. The van der Waals surface area contributed by atoms with Gasteiger partial charge in [-0.3, -0.25) is 0 Å². The molecule has 0 radical (unpaired) electrons. The Kier molecular flexibility index (Phi) is 5.31. The van der Waals surface area contributed by atoms with Crippen LogP contribution in [0.5, 0.6) is 0 Å². The number of rotatable bonds is 4. The maximum atomic E-state index is 12.3. The van der Waals surface area contributed by atoms with Gasteiger partial charge in [0.2, 0.25) is 10.0 Å². The third-order valence-electron chi connectivity index (χ3n) is 1.46. The van der Waals surface area contributed by atoms with Crippen LogP contribution in [0.15, 0.2) is 22.0 Å². The molecular weight excluding hydrogens is 221 g/mol. The fourth-order valence-electron chi connectivity index (χ4n) is 0.902. The van der Waals surface area contributed by atoms with Crippen molar-refractivity contribution in [3.63, 3.8) is 0 Å². The fraction of sp³-hybridized carbons (Fsp3) is 0.500. The molecule has 0 heterocycles. The quantitative estimate of drug-likeness (QED) is 0.578. The number of hydrogen-bond acceptors (Lipinski definition) is 3. The minimum atomic E-state index is -3.60. The van der Waals surface area contributed by atoms with Crippen LogP contribution in [-0.4, -0.2) is 26.7 Å². The van der Waals surface area contributed by atoms with Crippen molar-refractivity contribution in [1.29, 1.82) is 0 Å². The van der Waals surface area contributed by atoms with Crippen LogP contribution in [0.25, 0.3) is 0 Å². The number of primary sulfonamides is 1. The first kappa shape index (κ1) is 13.9. The number of nitrogens with two attached hydrogens (primary N) is 1. The SMILES string of the molecule is C=NC(=N/C=C(\C)F)[C@@H](C)CS(N)(=O)=O. The highest BCUT2D eigenvalue weighted by molar-refractivity contribution is 7.89. The highest BCUT2D eigenvalue weighted by atomic mass is 32.2. The summed E-state index contributed by atoms with van der Waals surface area (Å²) in [4.78, 5) is 7.17. The van der Waals surface area contributed by atoms with E-state index >= 15 is 0 Å². The van der Waals surface area contributed by atoms with Gasteiger partial charge >= 0.3 is 0 Å². The molecule has 0 spiro atoms. The van der Waals surface area contributed by atoms with Crippen LogP contribution in [0.2, 0.25) is 0 Å². The molecule has 0 aliphatic carbocycles. The van der Waals surface area contributed by atoms with E-state index in [2.05, 4.69) is 16.7 Å². The molecular formula is C8H14FN3O2S. The van der Waals surface area contributed by atoms with Crippen LogP contribution in [-0.2, 0) is 10.0 Å².